The van der Waals surface area contributed by atoms with Gasteiger partial charge in [0, 0.05) is 19.1 Å². The second kappa shape index (κ2) is 6.80. The maximum Gasteiger partial charge on any atom is 0.306 e. The van der Waals surface area contributed by atoms with Gasteiger partial charge in [0.1, 0.15) is 0 Å². The number of carbonyl (C=O) groups excluding carboxylic acids is 1. The van der Waals surface area contributed by atoms with Gasteiger partial charge in [-0.2, -0.15) is 0 Å². The predicted octanol–water partition coefficient (Wildman–Crippen LogP) is 0.623. The van der Waals surface area contributed by atoms with E-state index in [4.69, 9.17) is 0 Å². The van der Waals surface area contributed by atoms with Crippen molar-refractivity contribution in [3.8, 4) is 0 Å². The molecule has 0 aromatic heterocycles. The number of likely N-dealkylation sites (tertiary alicyclic amines) is 1. The lowest BCUT2D eigenvalue weighted by molar-refractivity contribution is -0.140. The lowest BCUT2D eigenvalue weighted by Gasteiger charge is -2.20. The molecule has 0 aromatic rings. The highest BCUT2D eigenvalue weighted by molar-refractivity contribution is 5.69. The molecule has 0 aliphatic carbocycles. The van der Waals surface area contributed by atoms with Gasteiger partial charge in [-0.25, -0.2) is 0 Å². The third-order valence-electron chi connectivity index (χ3n) is 2.78. The van der Waals surface area contributed by atoms with E-state index in [-0.39, 0.29) is 5.97 Å². The van der Waals surface area contributed by atoms with E-state index < -0.39 is 0 Å². The van der Waals surface area contributed by atoms with Gasteiger partial charge in [-0.15, -0.1) is 0 Å². The Labute approximate surface area is 92.0 Å². The molecule has 1 heterocycles. The SMILES string of the molecule is COC(=O)CCNC(C)CN1CCCC1. The zero-order valence-electron chi connectivity index (χ0n) is 9.79. The monoisotopic (exact) mass is 214 g/mol. The minimum absolute atomic E-state index is 0.143. The number of rotatable bonds is 6. The Bertz CT molecular complexity index is 191. The van der Waals surface area contributed by atoms with Gasteiger partial charge < -0.3 is 15.0 Å². The molecule has 1 atom stereocenters. The minimum Gasteiger partial charge on any atom is -0.469 e. The van der Waals surface area contributed by atoms with Crippen molar-refractivity contribution in [3.63, 3.8) is 0 Å². The molecule has 0 bridgehead atoms. The lowest BCUT2D eigenvalue weighted by Crippen LogP contribution is -2.38. The zero-order chi connectivity index (χ0) is 11.1. The zero-order valence-corrected chi connectivity index (χ0v) is 9.79. The van der Waals surface area contributed by atoms with Crippen LogP contribution in [0.5, 0.6) is 0 Å². The average Bonchev–Trinajstić information content (AvgIpc) is 2.70. The third kappa shape index (κ3) is 5.14. The van der Waals surface area contributed by atoms with E-state index in [0.29, 0.717) is 19.0 Å². The van der Waals surface area contributed by atoms with Gasteiger partial charge in [0.15, 0.2) is 0 Å². The van der Waals surface area contributed by atoms with Crippen LogP contribution in [0.25, 0.3) is 0 Å². The third-order valence-corrected chi connectivity index (χ3v) is 2.78. The molecule has 0 radical (unpaired) electrons. The number of hydrogen-bond donors (Lipinski definition) is 1. The quantitative estimate of drug-likeness (QED) is 0.658. The van der Waals surface area contributed by atoms with Gasteiger partial charge in [0.05, 0.1) is 13.5 Å². The Morgan fingerprint density at radius 3 is 2.73 bits per heavy atom. The summed E-state index contributed by atoms with van der Waals surface area (Å²) in [5, 5.41) is 3.33. The van der Waals surface area contributed by atoms with Crippen LogP contribution in [-0.4, -0.2) is 50.2 Å². The van der Waals surface area contributed by atoms with Gasteiger partial charge in [0.25, 0.3) is 0 Å². The summed E-state index contributed by atoms with van der Waals surface area (Å²) < 4.78 is 4.58. The van der Waals surface area contributed by atoms with Gasteiger partial charge >= 0.3 is 5.97 Å². The molecule has 4 nitrogen and oxygen atoms in total. The van der Waals surface area contributed by atoms with E-state index in [9.17, 15) is 4.79 Å². The Morgan fingerprint density at radius 2 is 2.13 bits per heavy atom. The van der Waals surface area contributed by atoms with Crippen LogP contribution in [0.2, 0.25) is 0 Å². The molecule has 1 fully saturated rings. The summed E-state index contributed by atoms with van der Waals surface area (Å²) in [5.41, 5.74) is 0. The molecule has 1 rings (SSSR count). The maximum absolute atomic E-state index is 10.9. The number of ether oxygens (including phenoxy) is 1. The van der Waals surface area contributed by atoms with Crippen molar-refractivity contribution in [2.75, 3.05) is 33.3 Å². The van der Waals surface area contributed by atoms with E-state index in [0.717, 1.165) is 6.54 Å². The smallest absolute Gasteiger partial charge is 0.306 e. The Balaban J connectivity index is 2.02. The summed E-state index contributed by atoms with van der Waals surface area (Å²) in [5.74, 6) is -0.143. The fourth-order valence-electron chi connectivity index (χ4n) is 1.94. The average molecular weight is 214 g/mol. The molecule has 0 spiro atoms. The van der Waals surface area contributed by atoms with E-state index in [1.54, 1.807) is 0 Å². The first-order valence-corrected chi connectivity index (χ1v) is 5.75. The molecule has 88 valence electrons. The molecule has 0 aromatic carbocycles. The summed E-state index contributed by atoms with van der Waals surface area (Å²) >= 11 is 0. The van der Waals surface area contributed by atoms with Crippen LogP contribution in [0.15, 0.2) is 0 Å². The van der Waals surface area contributed by atoms with E-state index in [2.05, 4.69) is 21.9 Å². The second-order valence-corrected chi connectivity index (χ2v) is 4.19. The molecule has 1 aliphatic rings. The van der Waals surface area contributed by atoms with Gasteiger partial charge in [-0.05, 0) is 32.9 Å². The molecule has 4 heteroatoms. The largest absolute Gasteiger partial charge is 0.469 e. The number of carbonyl (C=O) groups is 1. The molecule has 0 saturated carbocycles. The number of methoxy groups -OCH3 is 1. The van der Waals surface area contributed by atoms with Gasteiger partial charge in [-0.3, -0.25) is 4.79 Å². The minimum atomic E-state index is -0.143. The predicted molar refractivity (Wildman–Crippen MR) is 59.8 cm³/mol. The highest BCUT2D eigenvalue weighted by atomic mass is 16.5. The van der Waals surface area contributed by atoms with Crippen LogP contribution in [-0.2, 0) is 9.53 Å². The van der Waals surface area contributed by atoms with Crippen LogP contribution in [0.3, 0.4) is 0 Å². The van der Waals surface area contributed by atoms with Crippen LogP contribution in [0, 0.1) is 0 Å². The van der Waals surface area contributed by atoms with Crippen molar-refractivity contribution in [1.82, 2.24) is 10.2 Å². The number of nitrogens with one attached hydrogen (secondary N) is 1. The molecule has 1 N–H and O–H groups in total. The van der Waals surface area contributed by atoms with Crippen molar-refractivity contribution >= 4 is 5.97 Å². The van der Waals surface area contributed by atoms with Crippen LogP contribution >= 0.6 is 0 Å². The first-order valence-electron chi connectivity index (χ1n) is 5.75. The summed E-state index contributed by atoms with van der Waals surface area (Å²) in [7, 11) is 1.43. The molecule has 1 saturated heterocycles. The van der Waals surface area contributed by atoms with E-state index in [1.165, 1.54) is 33.0 Å². The Kier molecular flexibility index (Phi) is 5.65. The van der Waals surface area contributed by atoms with Crippen LogP contribution < -0.4 is 5.32 Å². The number of esters is 1. The van der Waals surface area contributed by atoms with Gasteiger partial charge in [-0.1, -0.05) is 0 Å². The van der Waals surface area contributed by atoms with Crippen molar-refractivity contribution in [2.24, 2.45) is 0 Å². The second-order valence-electron chi connectivity index (χ2n) is 4.19. The first kappa shape index (κ1) is 12.5. The Hall–Kier alpha value is -0.610. The molecule has 15 heavy (non-hydrogen) atoms. The number of hydrogen-bond acceptors (Lipinski definition) is 4. The molecular formula is C11H22N2O2. The van der Waals surface area contributed by atoms with E-state index >= 15 is 0 Å². The first-order chi connectivity index (χ1) is 7.22. The summed E-state index contributed by atoms with van der Waals surface area (Å²) in [6, 6.07) is 0.452. The van der Waals surface area contributed by atoms with E-state index in [1.807, 2.05) is 0 Å². The van der Waals surface area contributed by atoms with Gasteiger partial charge in [0.2, 0.25) is 0 Å². The normalized spacial score (nSPS) is 19.1. The molecular weight excluding hydrogens is 192 g/mol. The fraction of sp³-hybridized carbons (Fsp3) is 0.909. The van der Waals surface area contributed by atoms with Crippen LogP contribution in [0.4, 0.5) is 0 Å². The highest BCUT2D eigenvalue weighted by Gasteiger charge is 2.14. The molecule has 0 amide bonds. The van der Waals surface area contributed by atoms with Crippen molar-refractivity contribution in [3.05, 3.63) is 0 Å². The fourth-order valence-corrected chi connectivity index (χ4v) is 1.94. The van der Waals surface area contributed by atoms with Crippen molar-refractivity contribution in [2.45, 2.75) is 32.2 Å². The summed E-state index contributed by atoms with van der Waals surface area (Å²) in [6.07, 6.45) is 3.12. The summed E-state index contributed by atoms with van der Waals surface area (Å²) in [6.45, 7) is 6.41. The molecule has 1 aliphatic heterocycles. The summed E-state index contributed by atoms with van der Waals surface area (Å²) in [4.78, 5) is 13.3. The Morgan fingerprint density at radius 1 is 1.47 bits per heavy atom. The maximum atomic E-state index is 10.9. The lowest BCUT2D eigenvalue weighted by atomic mass is 10.3. The van der Waals surface area contributed by atoms with Crippen LogP contribution in [0.1, 0.15) is 26.2 Å². The van der Waals surface area contributed by atoms with Crippen molar-refractivity contribution < 1.29 is 9.53 Å². The standard InChI is InChI=1S/C11H22N2O2/c1-10(9-13-7-3-4-8-13)12-6-5-11(14)15-2/h10,12H,3-9H2,1-2H3. The highest BCUT2D eigenvalue weighted by Crippen LogP contribution is 2.07. The van der Waals surface area contributed by atoms with Crippen molar-refractivity contribution in [1.29, 1.82) is 0 Å². The number of nitrogens with zero attached hydrogens (tertiary/aromatic N) is 1. The topological polar surface area (TPSA) is 41.6 Å². The molecule has 1 unspecified atom stereocenters.